The summed E-state index contributed by atoms with van der Waals surface area (Å²) in [6.45, 7) is 6.15. The van der Waals surface area contributed by atoms with Gasteiger partial charge in [-0.3, -0.25) is 4.90 Å². The van der Waals surface area contributed by atoms with Crippen LogP contribution in [0.15, 0.2) is 39.9 Å². The third kappa shape index (κ3) is 6.09. The molecule has 0 bridgehead atoms. The zero-order valence-electron chi connectivity index (χ0n) is 19.6. The summed E-state index contributed by atoms with van der Waals surface area (Å²) in [6.07, 6.45) is 5.50. The molecule has 1 aromatic carbocycles. The number of hydrogen-bond donors (Lipinski definition) is 2. The lowest BCUT2D eigenvalue weighted by Gasteiger charge is -2.33. The molecule has 1 aliphatic heterocycles. The molecule has 3 rings (SSSR count). The topological polar surface area (TPSA) is 80.5 Å². The summed E-state index contributed by atoms with van der Waals surface area (Å²) in [7, 11) is 4.88. The Bertz CT molecular complexity index is 848. The zero-order chi connectivity index (χ0) is 22.8. The van der Waals surface area contributed by atoms with Crippen LogP contribution in [-0.4, -0.2) is 58.4 Å². The van der Waals surface area contributed by atoms with Crippen molar-refractivity contribution in [3.05, 3.63) is 41.9 Å². The van der Waals surface area contributed by atoms with Crippen molar-refractivity contribution in [3.8, 4) is 17.2 Å². The van der Waals surface area contributed by atoms with Gasteiger partial charge in [0.05, 0.1) is 40.2 Å². The Kier molecular flexibility index (Phi) is 9.10. The highest BCUT2D eigenvalue weighted by Gasteiger charge is 2.24. The Morgan fingerprint density at radius 1 is 1.03 bits per heavy atom. The molecule has 0 aliphatic carbocycles. The lowest BCUT2D eigenvalue weighted by atomic mass is 10.1. The molecule has 2 aromatic rings. The van der Waals surface area contributed by atoms with Crippen molar-refractivity contribution >= 4 is 5.96 Å². The maximum absolute atomic E-state index is 5.76. The number of nitrogens with zero attached hydrogens (tertiary/aromatic N) is 2. The number of rotatable bonds is 10. The van der Waals surface area contributed by atoms with Gasteiger partial charge in [0.15, 0.2) is 17.5 Å². The number of benzene rings is 1. The van der Waals surface area contributed by atoms with Gasteiger partial charge in [-0.2, -0.15) is 0 Å². The van der Waals surface area contributed by atoms with E-state index in [9.17, 15) is 0 Å². The molecule has 0 amide bonds. The Labute approximate surface area is 190 Å². The van der Waals surface area contributed by atoms with Crippen LogP contribution in [0.3, 0.4) is 0 Å². The quantitative estimate of drug-likeness (QED) is 0.428. The minimum absolute atomic E-state index is 0.171. The Balaban J connectivity index is 1.74. The zero-order valence-corrected chi connectivity index (χ0v) is 19.6. The van der Waals surface area contributed by atoms with Crippen molar-refractivity contribution < 1.29 is 18.6 Å². The second kappa shape index (κ2) is 12.2. The average molecular weight is 445 g/mol. The smallest absolute Gasteiger partial charge is 0.191 e. The highest BCUT2D eigenvalue weighted by Crippen LogP contribution is 2.35. The summed E-state index contributed by atoms with van der Waals surface area (Å²) in [5.74, 6) is 3.73. The van der Waals surface area contributed by atoms with Gasteiger partial charge in [0.25, 0.3) is 0 Å². The molecule has 1 saturated heterocycles. The van der Waals surface area contributed by atoms with E-state index in [-0.39, 0.29) is 6.04 Å². The van der Waals surface area contributed by atoms with E-state index in [0.717, 1.165) is 36.9 Å². The number of hydrogen-bond acceptors (Lipinski definition) is 6. The maximum atomic E-state index is 5.76. The fourth-order valence-electron chi connectivity index (χ4n) is 4.04. The van der Waals surface area contributed by atoms with E-state index < -0.39 is 0 Å². The van der Waals surface area contributed by atoms with Crippen LogP contribution >= 0.6 is 0 Å². The third-order valence-corrected chi connectivity index (χ3v) is 5.70. The lowest BCUT2D eigenvalue weighted by Crippen LogP contribution is -2.44. The summed E-state index contributed by atoms with van der Waals surface area (Å²) in [5.41, 5.74) is 0.918. The van der Waals surface area contributed by atoms with E-state index >= 15 is 0 Å². The fourth-order valence-corrected chi connectivity index (χ4v) is 4.04. The van der Waals surface area contributed by atoms with Crippen LogP contribution in [0.1, 0.15) is 43.6 Å². The van der Waals surface area contributed by atoms with Crippen LogP contribution in [-0.2, 0) is 6.54 Å². The first-order valence-corrected chi connectivity index (χ1v) is 11.3. The summed E-state index contributed by atoms with van der Waals surface area (Å²) in [4.78, 5) is 7.29. The van der Waals surface area contributed by atoms with E-state index in [0.29, 0.717) is 30.3 Å². The van der Waals surface area contributed by atoms with Crippen LogP contribution < -0.4 is 24.8 Å². The summed E-state index contributed by atoms with van der Waals surface area (Å²) in [6, 6.07) is 7.91. The van der Waals surface area contributed by atoms with E-state index in [2.05, 4.69) is 28.5 Å². The van der Waals surface area contributed by atoms with Crippen LogP contribution in [0.4, 0.5) is 0 Å². The number of likely N-dealkylation sites (tertiary alicyclic amines) is 1. The molecule has 2 N–H and O–H groups in total. The van der Waals surface area contributed by atoms with Crippen LogP contribution in [0.5, 0.6) is 17.2 Å². The number of furan rings is 1. The first-order chi connectivity index (χ1) is 15.7. The second-order valence-corrected chi connectivity index (χ2v) is 7.72. The molecular weight excluding hydrogens is 408 g/mol. The van der Waals surface area contributed by atoms with Gasteiger partial charge < -0.3 is 29.3 Å². The lowest BCUT2D eigenvalue weighted by molar-refractivity contribution is 0.146. The van der Waals surface area contributed by atoms with E-state index in [4.69, 9.17) is 23.6 Å². The number of guanidine groups is 1. The first kappa shape index (κ1) is 23.8. The normalized spacial score (nSPS) is 15.8. The molecule has 32 heavy (non-hydrogen) atoms. The first-order valence-electron chi connectivity index (χ1n) is 11.3. The molecule has 1 aromatic heterocycles. The predicted molar refractivity (Wildman–Crippen MR) is 126 cm³/mol. The molecule has 0 saturated carbocycles. The SMILES string of the molecule is CCNC(=NCc1cc(OC)c(OC)cc1OC)NCC(c1ccco1)N1CCCCC1. The van der Waals surface area contributed by atoms with Gasteiger partial charge in [-0.05, 0) is 51.1 Å². The van der Waals surface area contributed by atoms with Crippen LogP contribution in [0, 0.1) is 0 Å². The standard InChI is InChI=1S/C24H36N4O4/c1-5-25-24(26-16-18-14-22(30-3)23(31-4)15-21(18)29-2)27-17-19(20-10-9-13-32-20)28-11-7-6-8-12-28/h9-10,13-15,19H,5-8,11-12,16-17H2,1-4H3,(H2,25,26,27). The molecule has 176 valence electrons. The van der Waals surface area contributed by atoms with Gasteiger partial charge in [0.2, 0.25) is 0 Å². The molecule has 8 nitrogen and oxygen atoms in total. The molecule has 1 aliphatic rings. The highest BCUT2D eigenvalue weighted by atomic mass is 16.5. The van der Waals surface area contributed by atoms with Gasteiger partial charge in [0, 0.05) is 24.7 Å². The molecule has 2 heterocycles. The predicted octanol–water partition coefficient (Wildman–Crippen LogP) is 3.59. The summed E-state index contributed by atoms with van der Waals surface area (Å²) < 4.78 is 22.1. The molecule has 8 heteroatoms. The van der Waals surface area contributed by atoms with E-state index in [1.807, 2.05) is 18.2 Å². The highest BCUT2D eigenvalue weighted by molar-refractivity contribution is 5.79. The van der Waals surface area contributed by atoms with Gasteiger partial charge in [0.1, 0.15) is 11.5 Å². The van der Waals surface area contributed by atoms with Gasteiger partial charge >= 0.3 is 0 Å². The molecule has 1 fully saturated rings. The fraction of sp³-hybridized carbons (Fsp3) is 0.542. The number of piperidine rings is 1. The maximum Gasteiger partial charge on any atom is 0.191 e. The van der Waals surface area contributed by atoms with Crippen LogP contribution in [0.25, 0.3) is 0 Å². The summed E-state index contributed by atoms with van der Waals surface area (Å²) in [5, 5.41) is 6.84. The largest absolute Gasteiger partial charge is 0.496 e. The van der Waals surface area contributed by atoms with Gasteiger partial charge in [-0.1, -0.05) is 6.42 Å². The van der Waals surface area contributed by atoms with Crippen molar-refractivity contribution in [1.29, 1.82) is 0 Å². The molecule has 0 spiro atoms. The van der Waals surface area contributed by atoms with Gasteiger partial charge in [-0.25, -0.2) is 4.99 Å². The van der Waals surface area contributed by atoms with Crippen molar-refractivity contribution in [2.75, 3.05) is 47.5 Å². The second-order valence-electron chi connectivity index (χ2n) is 7.72. The summed E-state index contributed by atoms with van der Waals surface area (Å²) >= 11 is 0. The molecule has 0 radical (unpaired) electrons. The Hall–Kier alpha value is -2.87. The molecule has 1 atom stereocenters. The molecule has 1 unspecified atom stereocenters. The van der Waals surface area contributed by atoms with Crippen molar-refractivity contribution in [1.82, 2.24) is 15.5 Å². The number of aliphatic imine (C=N–C) groups is 1. The monoisotopic (exact) mass is 444 g/mol. The minimum Gasteiger partial charge on any atom is -0.496 e. The van der Waals surface area contributed by atoms with Crippen molar-refractivity contribution in [3.63, 3.8) is 0 Å². The number of methoxy groups -OCH3 is 3. The Morgan fingerprint density at radius 2 is 1.75 bits per heavy atom. The number of ether oxygens (including phenoxy) is 3. The molecular formula is C24H36N4O4. The third-order valence-electron chi connectivity index (χ3n) is 5.70. The van der Waals surface area contributed by atoms with E-state index in [1.54, 1.807) is 27.6 Å². The van der Waals surface area contributed by atoms with Crippen molar-refractivity contribution in [2.45, 2.75) is 38.8 Å². The van der Waals surface area contributed by atoms with Gasteiger partial charge in [-0.15, -0.1) is 0 Å². The minimum atomic E-state index is 0.171. The average Bonchev–Trinajstić information content (AvgIpc) is 3.37. The van der Waals surface area contributed by atoms with Crippen molar-refractivity contribution in [2.24, 2.45) is 4.99 Å². The van der Waals surface area contributed by atoms with E-state index in [1.165, 1.54) is 19.3 Å². The van der Waals surface area contributed by atoms with Crippen LogP contribution in [0.2, 0.25) is 0 Å². The number of nitrogens with one attached hydrogen (secondary N) is 2. The Morgan fingerprint density at radius 3 is 2.38 bits per heavy atom.